The summed E-state index contributed by atoms with van der Waals surface area (Å²) in [6.45, 7) is 3.75. The molecule has 7 heteroatoms. The number of anilines is 2. The van der Waals surface area contributed by atoms with Crippen LogP contribution in [0.3, 0.4) is 0 Å². The number of halogens is 1. The van der Waals surface area contributed by atoms with Crippen LogP contribution in [0.2, 0.25) is 0 Å². The highest BCUT2D eigenvalue weighted by Gasteiger charge is 2.32. The van der Waals surface area contributed by atoms with Crippen LogP contribution in [0.15, 0.2) is 29.3 Å². The zero-order valence-electron chi connectivity index (χ0n) is 14.2. The lowest BCUT2D eigenvalue weighted by Gasteiger charge is -2.31. The molecule has 6 nitrogen and oxygen atoms in total. The molecule has 1 unspecified atom stereocenters. The number of piperidine rings is 1. The highest BCUT2D eigenvalue weighted by atomic mass is 19.1. The number of carbonyl (C=O) groups excluding carboxylic acids is 1. The first-order valence-electron chi connectivity index (χ1n) is 8.35. The minimum Gasteiger partial charge on any atom is -0.443 e. The van der Waals surface area contributed by atoms with Crippen LogP contribution in [0.5, 0.6) is 0 Å². The van der Waals surface area contributed by atoms with Crippen molar-refractivity contribution in [3.8, 4) is 6.07 Å². The third-order valence-corrected chi connectivity index (χ3v) is 4.79. The number of nitriles is 1. The maximum Gasteiger partial charge on any atom is 0.414 e. The molecule has 0 bridgehead atoms. The molecular formula is C18H21FN4O2. The molecule has 2 N–H and O–H groups in total. The van der Waals surface area contributed by atoms with Gasteiger partial charge in [-0.05, 0) is 38.0 Å². The third kappa shape index (κ3) is 3.44. The number of hydrogen-bond donors (Lipinski definition) is 1. The molecule has 1 aromatic carbocycles. The molecule has 132 valence electrons. The van der Waals surface area contributed by atoms with Gasteiger partial charge in [0.1, 0.15) is 11.9 Å². The Morgan fingerprint density at radius 3 is 2.72 bits per heavy atom. The van der Waals surface area contributed by atoms with E-state index in [4.69, 9.17) is 15.7 Å². The van der Waals surface area contributed by atoms with Crippen molar-refractivity contribution >= 4 is 17.5 Å². The number of allylic oxidation sites excluding steroid dienone is 1. The number of hydrogen-bond acceptors (Lipinski definition) is 5. The second-order valence-electron chi connectivity index (χ2n) is 6.32. The van der Waals surface area contributed by atoms with E-state index in [1.165, 1.54) is 11.0 Å². The van der Waals surface area contributed by atoms with Gasteiger partial charge in [0.15, 0.2) is 0 Å². The first kappa shape index (κ1) is 17.2. The molecule has 0 aromatic heterocycles. The largest absolute Gasteiger partial charge is 0.443 e. The van der Waals surface area contributed by atoms with Crippen molar-refractivity contribution in [3.05, 3.63) is 35.2 Å². The number of amides is 1. The van der Waals surface area contributed by atoms with E-state index in [9.17, 15) is 9.18 Å². The Bertz CT molecular complexity index is 746. The van der Waals surface area contributed by atoms with Crippen LogP contribution in [0.25, 0.3) is 0 Å². The van der Waals surface area contributed by atoms with E-state index in [1.54, 1.807) is 12.1 Å². The summed E-state index contributed by atoms with van der Waals surface area (Å²) in [7, 11) is 0. The number of rotatable bonds is 3. The number of nitrogens with two attached hydrogens (primary N) is 1. The number of carbonyl (C=O) groups is 1. The summed E-state index contributed by atoms with van der Waals surface area (Å²) in [6, 6.07) is 6.96. The molecule has 1 atom stereocenters. The van der Waals surface area contributed by atoms with Gasteiger partial charge in [0.05, 0.1) is 24.0 Å². The van der Waals surface area contributed by atoms with Gasteiger partial charge in [-0.1, -0.05) is 5.57 Å². The lowest BCUT2D eigenvalue weighted by atomic mass is 9.99. The van der Waals surface area contributed by atoms with Gasteiger partial charge in [-0.3, -0.25) is 4.90 Å². The normalized spacial score (nSPS) is 20.5. The second kappa shape index (κ2) is 7.11. The fraction of sp³-hybridized carbons (Fsp3) is 0.444. The van der Waals surface area contributed by atoms with Crippen molar-refractivity contribution in [2.24, 2.45) is 5.73 Å². The minimum absolute atomic E-state index is 0.245. The summed E-state index contributed by atoms with van der Waals surface area (Å²) in [6.07, 6.45) is 0.669. The van der Waals surface area contributed by atoms with Crippen LogP contribution in [0.4, 0.5) is 20.6 Å². The zero-order chi connectivity index (χ0) is 18.0. The van der Waals surface area contributed by atoms with E-state index in [1.807, 2.05) is 11.8 Å². The van der Waals surface area contributed by atoms with E-state index in [0.29, 0.717) is 31.0 Å². The van der Waals surface area contributed by atoms with Gasteiger partial charge in [-0.15, -0.1) is 0 Å². The summed E-state index contributed by atoms with van der Waals surface area (Å²) in [5.74, 6) is -0.370. The first-order valence-corrected chi connectivity index (χ1v) is 8.35. The topological polar surface area (TPSA) is 82.6 Å². The van der Waals surface area contributed by atoms with Crippen LogP contribution in [-0.4, -0.2) is 38.4 Å². The quantitative estimate of drug-likeness (QED) is 0.852. The number of benzene rings is 1. The molecular weight excluding hydrogens is 323 g/mol. The van der Waals surface area contributed by atoms with Gasteiger partial charge >= 0.3 is 6.09 Å². The Morgan fingerprint density at radius 2 is 2.16 bits per heavy atom. The Morgan fingerprint density at radius 1 is 1.44 bits per heavy atom. The first-order chi connectivity index (χ1) is 12.0. The molecule has 2 saturated heterocycles. The van der Waals surface area contributed by atoms with Gasteiger partial charge in [0, 0.05) is 25.2 Å². The third-order valence-electron chi connectivity index (χ3n) is 4.79. The monoisotopic (exact) mass is 344 g/mol. The van der Waals surface area contributed by atoms with Crippen LogP contribution in [0, 0.1) is 17.1 Å². The Hall–Kier alpha value is -2.59. The minimum atomic E-state index is -0.498. The predicted octanol–water partition coefficient (Wildman–Crippen LogP) is 2.55. The number of cyclic esters (lactones) is 1. The molecule has 0 aliphatic carbocycles. The fourth-order valence-corrected chi connectivity index (χ4v) is 3.25. The summed E-state index contributed by atoms with van der Waals surface area (Å²) in [5, 5.41) is 8.97. The second-order valence-corrected chi connectivity index (χ2v) is 6.32. The van der Waals surface area contributed by atoms with Crippen molar-refractivity contribution in [3.63, 3.8) is 0 Å². The van der Waals surface area contributed by atoms with Crippen LogP contribution < -0.4 is 15.5 Å². The SMILES string of the molecule is CC(C#N)=C1CCN(c2ccc(N3CC(CN)OC3=O)cc2F)CC1. The maximum atomic E-state index is 14.6. The van der Waals surface area contributed by atoms with Crippen molar-refractivity contribution in [1.29, 1.82) is 5.26 Å². The molecule has 2 fully saturated rings. The maximum absolute atomic E-state index is 14.6. The van der Waals surface area contributed by atoms with Gasteiger partial charge in [0.25, 0.3) is 0 Å². The number of nitrogens with zero attached hydrogens (tertiary/aromatic N) is 3. The summed E-state index contributed by atoms with van der Waals surface area (Å²) < 4.78 is 19.7. The molecule has 0 saturated carbocycles. The Labute approximate surface area is 146 Å². The van der Waals surface area contributed by atoms with Crippen LogP contribution in [-0.2, 0) is 4.74 Å². The fourth-order valence-electron chi connectivity index (χ4n) is 3.25. The van der Waals surface area contributed by atoms with Crippen molar-refractivity contribution in [1.82, 2.24) is 0 Å². The number of ether oxygens (including phenoxy) is 1. The van der Waals surface area contributed by atoms with Crippen molar-refractivity contribution in [2.45, 2.75) is 25.9 Å². The van der Waals surface area contributed by atoms with Crippen molar-refractivity contribution in [2.75, 3.05) is 36.0 Å². The van der Waals surface area contributed by atoms with Gasteiger partial charge in [-0.25, -0.2) is 9.18 Å². The highest BCUT2D eigenvalue weighted by Crippen LogP contribution is 2.30. The highest BCUT2D eigenvalue weighted by molar-refractivity contribution is 5.90. The molecule has 2 aliphatic rings. The average Bonchev–Trinajstić information content (AvgIpc) is 3.02. The van der Waals surface area contributed by atoms with Gasteiger partial charge in [0.2, 0.25) is 0 Å². The smallest absolute Gasteiger partial charge is 0.414 e. The molecule has 25 heavy (non-hydrogen) atoms. The van der Waals surface area contributed by atoms with E-state index in [-0.39, 0.29) is 18.5 Å². The van der Waals surface area contributed by atoms with Crippen LogP contribution in [0.1, 0.15) is 19.8 Å². The molecule has 3 rings (SSSR count). The molecule has 2 aliphatic heterocycles. The van der Waals surface area contributed by atoms with Crippen molar-refractivity contribution < 1.29 is 13.9 Å². The lowest BCUT2D eigenvalue weighted by Crippen LogP contribution is -2.32. The summed E-state index contributed by atoms with van der Waals surface area (Å²) in [4.78, 5) is 15.2. The van der Waals surface area contributed by atoms with E-state index < -0.39 is 6.09 Å². The Kier molecular flexibility index (Phi) is 4.91. The van der Waals surface area contributed by atoms with E-state index in [0.717, 1.165) is 24.0 Å². The molecule has 0 spiro atoms. The van der Waals surface area contributed by atoms with E-state index >= 15 is 0 Å². The molecule has 0 radical (unpaired) electrons. The molecule has 2 heterocycles. The summed E-state index contributed by atoms with van der Waals surface area (Å²) in [5.41, 5.74) is 8.41. The van der Waals surface area contributed by atoms with E-state index in [2.05, 4.69) is 6.07 Å². The zero-order valence-corrected chi connectivity index (χ0v) is 14.2. The van der Waals surface area contributed by atoms with Gasteiger partial charge < -0.3 is 15.4 Å². The lowest BCUT2D eigenvalue weighted by molar-refractivity contribution is 0.145. The standard InChI is InChI=1S/C18H21FN4O2/c1-12(9-20)13-4-6-22(7-5-13)17-3-2-14(8-16(17)19)23-11-15(10-21)25-18(23)24/h2-3,8,15H,4-7,10-11,21H2,1H3. The molecule has 1 aromatic rings. The average molecular weight is 344 g/mol. The molecule has 1 amide bonds. The van der Waals surface area contributed by atoms with Crippen LogP contribution >= 0.6 is 0 Å². The predicted molar refractivity (Wildman–Crippen MR) is 92.8 cm³/mol. The van der Waals surface area contributed by atoms with Gasteiger partial charge in [-0.2, -0.15) is 5.26 Å². The summed E-state index contributed by atoms with van der Waals surface area (Å²) >= 11 is 0. The Balaban J connectivity index is 1.73.